The molecule has 174 valence electrons. The van der Waals surface area contributed by atoms with E-state index in [1.54, 1.807) is 55.5 Å². The minimum absolute atomic E-state index is 0.107. The summed E-state index contributed by atoms with van der Waals surface area (Å²) >= 11 is 6.89. The van der Waals surface area contributed by atoms with Crippen molar-refractivity contribution in [1.82, 2.24) is 4.98 Å². The van der Waals surface area contributed by atoms with Crippen molar-refractivity contribution in [1.29, 1.82) is 0 Å². The normalized spacial score (nSPS) is 17.2. The van der Waals surface area contributed by atoms with E-state index in [4.69, 9.17) is 21.1 Å². The van der Waals surface area contributed by atoms with E-state index in [9.17, 15) is 19.5 Å². The molecule has 1 saturated heterocycles. The minimum Gasteiger partial charge on any atom is -0.507 e. The van der Waals surface area contributed by atoms with Gasteiger partial charge in [0.25, 0.3) is 5.78 Å². The molecule has 34 heavy (non-hydrogen) atoms. The highest BCUT2D eigenvalue weighted by atomic mass is 35.5. The lowest BCUT2D eigenvalue weighted by Gasteiger charge is -2.23. The lowest BCUT2D eigenvalue weighted by molar-refractivity contribution is -0.132. The number of aliphatic hydroxyl groups is 1. The highest BCUT2D eigenvalue weighted by Crippen LogP contribution is 2.44. The average Bonchev–Trinajstić information content (AvgIpc) is 3.35. The fourth-order valence-electron chi connectivity index (χ4n) is 3.66. The number of halogens is 1. The van der Waals surface area contributed by atoms with Crippen molar-refractivity contribution >= 4 is 51.5 Å². The van der Waals surface area contributed by atoms with Gasteiger partial charge in [0.15, 0.2) is 5.13 Å². The van der Waals surface area contributed by atoms with Gasteiger partial charge in [-0.3, -0.25) is 14.5 Å². The number of hydrogen-bond donors (Lipinski definition) is 1. The Labute approximate surface area is 204 Å². The maximum Gasteiger partial charge on any atom is 0.350 e. The van der Waals surface area contributed by atoms with Crippen molar-refractivity contribution in [3.8, 4) is 5.75 Å². The Bertz CT molecular complexity index is 1310. The molecule has 1 aliphatic rings. The third kappa shape index (κ3) is 4.04. The van der Waals surface area contributed by atoms with Crippen molar-refractivity contribution in [3.63, 3.8) is 0 Å². The molecule has 0 radical (unpaired) electrons. The number of hydrogen-bond acceptors (Lipinski definition) is 8. The Morgan fingerprint density at radius 1 is 1.09 bits per heavy atom. The summed E-state index contributed by atoms with van der Waals surface area (Å²) < 4.78 is 10.0. The molecular weight excluding hydrogens is 480 g/mol. The number of rotatable bonds is 5. The molecule has 1 amide bonds. The molecule has 0 spiro atoms. The van der Waals surface area contributed by atoms with Crippen LogP contribution in [0.3, 0.4) is 0 Å². The molecule has 4 rings (SSSR count). The van der Waals surface area contributed by atoms with Crippen LogP contribution in [0.25, 0.3) is 5.76 Å². The average molecular weight is 499 g/mol. The van der Waals surface area contributed by atoms with Crippen LogP contribution >= 0.6 is 22.9 Å². The predicted molar refractivity (Wildman–Crippen MR) is 127 cm³/mol. The second kappa shape index (κ2) is 9.28. The third-order valence-electron chi connectivity index (χ3n) is 5.36. The zero-order valence-electron chi connectivity index (χ0n) is 18.4. The fourth-order valence-corrected chi connectivity index (χ4v) is 4.80. The molecule has 1 atom stereocenters. The van der Waals surface area contributed by atoms with Gasteiger partial charge in [0.05, 0.1) is 31.5 Å². The maximum atomic E-state index is 13.2. The number of thiazole rings is 1. The smallest absolute Gasteiger partial charge is 0.350 e. The number of aromatic nitrogens is 1. The first-order valence-electron chi connectivity index (χ1n) is 10.0. The molecule has 3 aromatic rings. The van der Waals surface area contributed by atoms with Gasteiger partial charge in [-0.15, -0.1) is 0 Å². The number of esters is 1. The van der Waals surface area contributed by atoms with E-state index in [1.165, 1.54) is 19.1 Å². The van der Waals surface area contributed by atoms with Crippen LogP contribution in [0.1, 0.15) is 32.5 Å². The molecule has 1 fully saturated rings. The number of benzene rings is 2. The fraction of sp³-hybridized carbons (Fsp3) is 0.167. The number of carbonyl (C=O) groups is 3. The van der Waals surface area contributed by atoms with Crippen LogP contribution < -0.4 is 9.64 Å². The highest BCUT2D eigenvalue weighted by molar-refractivity contribution is 7.17. The van der Waals surface area contributed by atoms with Crippen LogP contribution in [0.2, 0.25) is 5.02 Å². The number of ketones is 1. The van der Waals surface area contributed by atoms with E-state index in [1.807, 2.05) is 0 Å². The molecule has 0 saturated carbocycles. The zero-order valence-corrected chi connectivity index (χ0v) is 19.9. The molecule has 1 unspecified atom stereocenters. The Morgan fingerprint density at radius 3 is 2.32 bits per heavy atom. The van der Waals surface area contributed by atoms with Gasteiger partial charge in [-0.1, -0.05) is 35.1 Å². The second-order valence-corrected chi connectivity index (χ2v) is 8.77. The van der Waals surface area contributed by atoms with Crippen molar-refractivity contribution in [2.24, 2.45) is 0 Å². The Morgan fingerprint density at radius 2 is 1.74 bits per heavy atom. The van der Waals surface area contributed by atoms with E-state index in [2.05, 4.69) is 4.98 Å². The highest BCUT2D eigenvalue weighted by Gasteiger charge is 2.48. The number of anilines is 1. The quantitative estimate of drug-likeness (QED) is 0.238. The number of carbonyl (C=O) groups excluding carboxylic acids is 3. The molecule has 0 bridgehead atoms. The van der Waals surface area contributed by atoms with Gasteiger partial charge in [0, 0.05) is 10.6 Å². The summed E-state index contributed by atoms with van der Waals surface area (Å²) in [5.74, 6) is -2.11. The van der Waals surface area contributed by atoms with E-state index in [0.717, 1.165) is 11.3 Å². The maximum absolute atomic E-state index is 13.2. The van der Waals surface area contributed by atoms with Gasteiger partial charge in [-0.05, 0) is 48.9 Å². The lowest BCUT2D eigenvalue weighted by Crippen LogP contribution is -2.29. The first-order chi connectivity index (χ1) is 16.3. The van der Waals surface area contributed by atoms with Gasteiger partial charge >= 0.3 is 11.9 Å². The molecule has 2 heterocycles. The van der Waals surface area contributed by atoms with Gasteiger partial charge in [0.2, 0.25) is 0 Å². The lowest BCUT2D eigenvalue weighted by atomic mass is 9.95. The number of aliphatic hydroxyl groups excluding tert-OH is 1. The first-order valence-corrected chi connectivity index (χ1v) is 11.2. The number of Topliss-reactive ketones (excluding diaryl/α,β-unsaturated/α-hetero) is 1. The zero-order chi connectivity index (χ0) is 24.6. The monoisotopic (exact) mass is 498 g/mol. The number of ether oxygens (including phenoxy) is 2. The predicted octanol–water partition coefficient (Wildman–Crippen LogP) is 4.53. The molecule has 2 aromatic carbocycles. The van der Waals surface area contributed by atoms with Crippen molar-refractivity contribution in [2.45, 2.75) is 13.0 Å². The standard InChI is InChI=1S/C24H19ClN2O6S/c1-12-21(23(31)33-3)34-24(26-12)27-18(13-6-10-16(32-2)11-7-13)17(20(29)22(27)30)19(28)14-4-8-15(25)9-5-14/h4-11,18,28H,1-3H3/b19-17+. The SMILES string of the molecule is COC(=O)c1sc(N2C(=O)C(=O)/C(=C(/O)c3ccc(Cl)cc3)C2c2ccc(OC)cc2)nc1C. The van der Waals surface area contributed by atoms with Crippen molar-refractivity contribution in [2.75, 3.05) is 19.1 Å². The summed E-state index contributed by atoms with van der Waals surface area (Å²) in [5.41, 5.74) is 1.12. The molecular formula is C24H19ClN2O6S. The number of aryl methyl sites for hydroxylation is 1. The summed E-state index contributed by atoms with van der Waals surface area (Å²) in [6, 6.07) is 12.0. The summed E-state index contributed by atoms with van der Waals surface area (Å²) in [7, 11) is 2.77. The van der Waals surface area contributed by atoms with Crippen LogP contribution in [0.4, 0.5) is 5.13 Å². The van der Waals surface area contributed by atoms with Gasteiger partial charge < -0.3 is 14.6 Å². The van der Waals surface area contributed by atoms with E-state index < -0.39 is 23.7 Å². The van der Waals surface area contributed by atoms with Crippen LogP contribution in [-0.4, -0.2) is 42.0 Å². The van der Waals surface area contributed by atoms with E-state index in [-0.39, 0.29) is 21.3 Å². The van der Waals surface area contributed by atoms with Crippen LogP contribution in [0, 0.1) is 6.92 Å². The van der Waals surface area contributed by atoms with Crippen molar-refractivity contribution < 1.29 is 29.0 Å². The molecule has 1 aromatic heterocycles. The van der Waals surface area contributed by atoms with Gasteiger partial charge in [-0.25, -0.2) is 9.78 Å². The van der Waals surface area contributed by atoms with Gasteiger partial charge in [-0.2, -0.15) is 0 Å². The van der Waals surface area contributed by atoms with E-state index in [0.29, 0.717) is 27.6 Å². The van der Waals surface area contributed by atoms with Crippen molar-refractivity contribution in [3.05, 3.63) is 80.8 Å². The largest absolute Gasteiger partial charge is 0.507 e. The Balaban J connectivity index is 1.92. The summed E-state index contributed by atoms with van der Waals surface area (Å²) in [6.45, 7) is 1.61. The topological polar surface area (TPSA) is 106 Å². The molecule has 10 heteroatoms. The Kier molecular flexibility index (Phi) is 6.41. The minimum atomic E-state index is -0.988. The van der Waals surface area contributed by atoms with Crippen LogP contribution in [0.15, 0.2) is 54.1 Å². The van der Waals surface area contributed by atoms with Gasteiger partial charge in [0.1, 0.15) is 16.4 Å². The molecule has 1 aliphatic heterocycles. The summed E-state index contributed by atoms with van der Waals surface area (Å²) in [5, 5.41) is 11.7. The molecule has 0 aliphatic carbocycles. The molecule has 1 N–H and O–H groups in total. The number of methoxy groups -OCH3 is 2. The summed E-state index contributed by atoms with van der Waals surface area (Å²) in [6.07, 6.45) is 0. The van der Waals surface area contributed by atoms with Crippen LogP contribution in [0.5, 0.6) is 5.75 Å². The number of nitrogens with zero attached hydrogens (tertiary/aromatic N) is 2. The first kappa shape index (κ1) is 23.5. The second-order valence-electron chi connectivity index (χ2n) is 7.35. The third-order valence-corrected chi connectivity index (χ3v) is 6.74. The Hall–Kier alpha value is -3.69. The number of amides is 1. The van der Waals surface area contributed by atoms with E-state index >= 15 is 0 Å². The molecule has 8 nitrogen and oxygen atoms in total. The summed E-state index contributed by atoms with van der Waals surface area (Å²) in [4.78, 5) is 44.3. The van der Waals surface area contributed by atoms with Crippen LogP contribution in [-0.2, 0) is 14.3 Å².